The highest BCUT2D eigenvalue weighted by molar-refractivity contribution is 7.98. The Hall–Kier alpha value is -4.07. The molecular formula is C38H50N4O7S2. The minimum Gasteiger partial charge on any atom is -0.483 e. The van der Waals surface area contributed by atoms with Crippen molar-refractivity contribution in [1.29, 1.82) is 0 Å². The van der Waals surface area contributed by atoms with Crippen molar-refractivity contribution in [2.75, 3.05) is 30.9 Å². The Morgan fingerprint density at radius 1 is 1.00 bits per heavy atom. The van der Waals surface area contributed by atoms with E-state index in [2.05, 4.69) is 34.1 Å². The van der Waals surface area contributed by atoms with Gasteiger partial charge in [0.1, 0.15) is 16.7 Å². The molecule has 0 bridgehead atoms. The predicted molar refractivity (Wildman–Crippen MR) is 201 cm³/mol. The summed E-state index contributed by atoms with van der Waals surface area (Å²) in [7, 11) is -4.03. The number of thioether (sulfide) groups is 1. The minimum atomic E-state index is -4.03. The highest BCUT2D eigenvalue weighted by atomic mass is 32.2. The fraction of sp³-hybridized carbons (Fsp3) is 0.447. The fourth-order valence-electron chi connectivity index (χ4n) is 6.28. The van der Waals surface area contributed by atoms with Gasteiger partial charge in [-0.2, -0.15) is 0 Å². The molecule has 2 amide bonds. The lowest BCUT2D eigenvalue weighted by Gasteiger charge is -2.37. The second-order valence-electron chi connectivity index (χ2n) is 13.1. The second-order valence-corrected chi connectivity index (χ2v) is 15.6. The summed E-state index contributed by atoms with van der Waals surface area (Å²) in [5, 5.41) is 14.6. The summed E-state index contributed by atoms with van der Waals surface area (Å²) in [5.41, 5.74) is 1.25. The van der Waals surface area contributed by atoms with Crippen molar-refractivity contribution in [3.8, 4) is 5.75 Å². The second kappa shape index (κ2) is 18.4. The quantitative estimate of drug-likeness (QED) is 0.108. The van der Waals surface area contributed by atoms with E-state index in [9.17, 15) is 22.8 Å². The molecule has 3 aromatic carbocycles. The lowest BCUT2D eigenvalue weighted by atomic mass is 9.87. The average molecular weight is 739 g/mol. The summed E-state index contributed by atoms with van der Waals surface area (Å²) in [5.74, 6) is -2.13. The standard InChI is InChI=1S/C38H50N4O7S2/c1-5-7-19-38(20-8-6-2)26-42(29-17-13-10-14-18-29)30-22-32(50-4)31(23-33(30)51(47,48)41-38)49-25-34(43)40-36(28-15-11-9-12-16-28)37(46)39-24-27(3)21-35(44)45/h9-18,22-23,27,36,41H,5-8,19-21,24-26H2,1-4H3,(H,39,46)(H,40,43)(H,44,45)/t27-,36+/m0/s1. The fourth-order valence-corrected chi connectivity index (χ4v) is 8.49. The monoisotopic (exact) mass is 738 g/mol. The zero-order valence-corrected chi connectivity index (χ0v) is 31.4. The van der Waals surface area contributed by atoms with Gasteiger partial charge in [0.25, 0.3) is 5.91 Å². The lowest BCUT2D eigenvalue weighted by Crippen LogP contribution is -2.53. The summed E-state index contributed by atoms with van der Waals surface area (Å²) < 4.78 is 37.7. The van der Waals surface area contributed by atoms with Gasteiger partial charge >= 0.3 is 5.97 Å². The molecule has 13 heteroatoms. The minimum absolute atomic E-state index is 0.0615. The van der Waals surface area contributed by atoms with Crippen LogP contribution in [0.15, 0.2) is 82.6 Å². The molecule has 276 valence electrons. The van der Waals surface area contributed by atoms with Crippen LogP contribution in [0, 0.1) is 5.92 Å². The summed E-state index contributed by atoms with van der Waals surface area (Å²) in [4.78, 5) is 40.5. The van der Waals surface area contributed by atoms with Crippen LogP contribution in [-0.4, -0.2) is 62.8 Å². The smallest absolute Gasteiger partial charge is 0.303 e. The van der Waals surface area contributed by atoms with Crippen LogP contribution in [0.2, 0.25) is 0 Å². The molecule has 4 N–H and O–H groups in total. The molecule has 4 rings (SSSR count). The van der Waals surface area contributed by atoms with Gasteiger partial charge < -0.3 is 25.4 Å². The predicted octanol–water partition coefficient (Wildman–Crippen LogP) is 6.42. The van der Waals surface area contributed by atoms with Gasteiger partial charge in [0.15, 0.2) is 6.61 Å². The van der Waals surface area contributed by atoms with E-state index in [1.807, 2.05) is 42.7 Å². The highest BCUT2D eigenvalue weighted by Gasteiger charge is 2.42. The van der Waals surface area contributed by atoms with Gasteiger partial charge in [-0.15, -0.1) is 11.8 Å². The number of benzene rings is 3. The number of carbonyl (C=O) groups is 3. The molecular weight excluding hydrogens is 689 g/mol. The van der Waals surface area contributed by atoms with E-state index < -0.39 is 46.0 Å². The largest absolute Gasteiger partial charge is 0.483 e. The molecule has 51 heavy (non-hydrogen) atoms. The Kier molecular flexibility index (Phi) is 14.4. The third-order valence-electron chi connectivity index (χ3n) is 8.93. The Labute approximate surface area is 306 Å². The Balaban J connectivity index is 1.64. The van der Waals surface area contributed by atoms with Crippen molar-refractivity contribution < 1.29 is 32.6 Å². The first-order valence-corrected chi connectivity index (χ1v) is 20.2. The van der Waals surface area contributed by atoms with E-state index in [1.54, 1.807) is 37.3 Å². The van der Waals surface area contributed by atoms with Gasteiger partial charge in [-0.25, -0.2) is 13.1 Å². The summed E-state index contributed by atoms with van der Waals surface area (Å²) in [6, 6.07) is 20.7. The average Bonchev–Trinajstić information content (AvgIpc) is 3.21. The van der Waals surface area contributed by atoms with Crippen molar-refractivity contribution in [2.45, 2.75) is 87.1 Å². The molecule has 0 saturated carbocycles. The molecule has 0 fully saturated rings. The summed E-state index contributed by atoms with van der Waals surface area (Å²) >= 11 is 1.38. The third kappa shape index (κ3) is 10.7. The number of ether oxygens (including phenoxy) is 1. The van der Waals surface area contributed by atoms with Crippen molar-refractivity contribution in [3.05, 3.63) is 78.4 Å². The molecule has 0 aromatic heterocycles. The van der Waals surface area contributed by atoms with Crippen LogP contribution in [0.3, 0.4) is 0 Å². The number of carboxylic acids is 1. The van der Waals surface area contributed by atoms with E-state index >= 15 is 0 Å². The molecule has 3 aromatic rings. The first kappa shape index (κ1) is 39.7. The van der Waals surface area contributed by atoms with Crippen LogP contribution in [0.5, 0.6) is 5.75 Å². The molecule has 0 saturated heterocycles. The Bertz CT molecular complexity index is 1730. The van der Waals surface area contributed by atoms with Crippen molar-refractivity contribution in [2.24, 2.45) is 5.92 Å². The highest BCUT2D eigenvalue weighted by Crippen LogP contribution is 2.44. The number of nitrogens with one attached hydrogen (secondary N) is 3. The van der Waals surface area contributed by atoms with Crippen molar-refractivity contribution >= 4 is 50.9 Å². The molecule has 0 radical (unpaired) electrons. The van der Waals surface area contributed by atoms with Crippen LogP contribution >= 0.6 is 11.8 Å². The van der Waals surface area contributed by atoms with Gasteiger partial charge in [0.2, 0.25) is 15.9 Å². The molecule has 1 aliphatic heterocycles. The first-order valence-electron chi connectivity index (χ1n) is 17.5. The number of aliphatic carboxylic acids is 1. The topological polar surface area (TPSA) is 154 Å². The molecule has 0 spiro atoms. The number of rotatable bonds is 18. The zero-order valence-electron chi connectivity index (χ0n) is 29.8. The number of sulfonamides is 1. The SMILES string of the molecule is CCCCC1(CCCC)CN(c2ccccc2)c2cc(SC)c(OCC(=O)N[C@@H](C(=O)NC[C@@H](C)CC(=O)O)c3ccccc3)cc2S(=O)(=O)N1. The number of unbranched alkanes of at least 4 members (excludes halogenated alkanes) is 2. The van der Waals surface area contributed by atoms with Crippen LogP contribution in [-0.2, 0) is 24.4 Å². The van der Waals surface area contributed by atoms with E-state index in [4.69, 9.17) is 9.84 Å². The maximum atomic E-state index is 14.3. The van der Waals surface area contributed by atoms with E-state index in [1.165, 1.54) is 17.8 Å². The van der Waals surface area contributed by atoms with Crippen molar-refractivity contribution in [3.63, 3.8) is 0 Å². The van der Waals surface area contributed by atoms with Gasteiger partial charge in [-0.1, -0.05) is 95.0 Å². The molecule has 11 nitrogen and oxygen atoms in total. The number of fused-ring (bicyclic) bond motifs is 1. The normalized spacial score (nSPS) is 15.9. The molecule has 1 aliphatic rings. The molecule has 0 unspecified atom stereocenters. The molecule has 2 atom stereocenters. The number of para-hydroxylation sites is 1. The van der Waals surface area contributed by atoms with Crippen LogP contribution in [0.25, 0.3) is 0 Å². The summed E-state index contributed by atoms with van der Waals surface area (Å²) in [6.07, 6.45) is 6.73. The molecule has 0 aliphatic carbocycles. The zero-order chi connectivity index (χ0) is 37.0. The lowest BCUT2D eigenvalue weighted by molar-refractivity contribution is -0.138. The van der Waals surface area contributed by atoms with Crippen LogP contribution in [0.1, 0.15) is 77.3 Å². The third-order valence-corrected chi connectivity index (χ3v) is 11.3. The van der Waals surface area contributed by atoms with E-state index in [-0.39, 0.29) is 29.5 Å². The van der Waals surface area contributed by atoms with Crippen molar-refractivity contribution in [1.82, 2.24) is 15.4 Å². The van der Waals surface area contributed by atoms with Crippen LogP contribution in [0.4, 0.5) is 11.4 Å². The number of carboxylic acid groups (broad SMARTS) is 1. The van der Waals surface area contributed by atoms with Gasteiger partial charge in [-0.05, 0) is 48.8 Å². The van der Waals surface area contributed by atoms with Gasteiger partial charge in [0, 0.05) is 31.3 Å². The number of amides is 2. The molecule has 1 heterocycles. The number of carbonyl (C=O) groups excluding carboxylic acids is 2. The van der Waals surface area contributed by atoms with E-state index in [0.717, 1.165) is 31.4 Å². The number of nitrogens with zero attached hydrogens (tertiary/aromatic N) is 1. The van der Waals surface area contributed by atoms with Gasteiger partial charge in [0.05, 0.1) is 16.1 Å². The maximum absolute atomic E-state index is 14.3. The van der Waals surface area contributed by atoms with Crippen LogP contribution < -0.4 is 25.0 Å². The van der Waals surface area contributed by atoms with Gasteiger partial charge in [-0.3, -0.25) is 14.4 Å². The summed E-state index contributed by atoms with van der Waals surface area (Å²) in [6.45, 7) is 6.01. The number of anilines is 2. The first-order chi connectivity index (χ1) is 24.4. The number of hydrogen-bond donors (Lipinski definition) is 4. The van der Waals surface area contributed by atoms with E-state index in [0.29, 0.717) is 35.5 Å². The Morgan fingerprint density at radius 2 is 1.63 bits per heavy atom. The number of hydrogen-bond acceptors (Lipinski definition) is 8. The Morgan fingerprint density at radius 3 is 2.22 bits per heavy atom. The maximum Gasteiger partial charge on any atom is 0.303 e.